The third kappa shape index (κ3) is 3.05. The van der Waals surface area contributed by atoms with Gasteiger partial charge in [0.2, 0.25) is 5.75 Å². The van der Waals surface area contributed by atoms with Crippen LogP contribution in [0.15, 0.2) is 12.1 Å². The molecule has 1 aromatic rings. The maximum Gasteiger partial charge on any atom is 0.200 e. The molecule has 1 aliphatic heterocycles. The van der Waals surface area contributed by atoms with E-state index < -0.39 is 5.75 Å². The first-order valence-corrected chi connectivity index (χ1v) is 6.23. The molecule has 2 rings (SSSR count). The summed E-state index contributed by atoms with van der Waals surface area (Å²) in [6.07, 6.45) is 3.55. The molecule has 0 spiro atoms. The number of ether oxygens (including phenoxy) is 1. The zero-order valence-electron chi connectivity index (χ0n) is 10.2. The highest BCUT2D eigenvalue weighted by molar-refractivity contribution is 5.52. The topological polar surface area (TPSA) is 82.0 Å². The van der Waals surface area contributed by atoms with Gasteiger partial charge >= 0.3 is 0 Å². The molecule has 0 aliphatic carbocycles. The van der Waals surface area contributed by atoms with Crippen molar-refractivity contribution < 1.29 is 20.1 Å². The van der Waals surface area contributed by atoms with Gasteiger partial charge in [-0.25, -0.2) is 0 Å². The summed E-state index contributed by atoms with van der Waals surface area (Å²) < 4.78 is 5.50. The van der Waals surface area contributed by atoms with Crippen molar-refractivity contribution in [1.29, 1.82) is 0 Å². The van der Waals surface area contributed by atoms with E-state index in [1.807, 2.05) is 0 Å². The Bertz CT molecular complexity index is 402. The Morgan fingerprint density at radius 2 is 2.06 bits per heavy atom. The minimum absolute atomic E-state index is 0.264. The SMILES string of the molecule is Oc1ccc(CNCCC2CCCO2)c(O)c1O. The summed E-state index contributed by atoms with van der Waals surface area (Å²) in [5.74, 6) is -1.04. The van der Waals surface area contributed by atoms with Crippen LogP contribution in [-0.4, -0.2) is 34.6 Å². The summed E-state index contributed by atoms with van der Waals surface area (Å²) >= 11 is 0. The Morgan fingerprint density at radius 1 is 1.22 bits per heavy atom. The number of nitrogens with one attached hydrogen (secondary N) is 1. The molecule has 1 saturated heterocycles. The maximum absolute atomic E-state index is 9.61. The molecule has 0 bridgehead atoms. The lowest BCUT2D eigenvalue weighted by Gasteiger charge is -2.11. The largest absolute Gasteiger partial charge is 0.504 e. The molecule has 5 nitrogen and oxygen atoms in total. The van der Waals surface area contributed by atoms with Crippen LogP contribution in [0.2, 0.25) is 0 Å². The molecular formula is C13H19NO4. The van der Waals surface area contributed by atoms with Crippen molar-refractivity contribution in [3.63, 3.8) is 0 Å². The van der Waals surface area contributed by atoms with E-state index in [9.17, 15) is 15.3 Å². The fourth-order valence-corrected chi connectivity index (χ4v) is 2.11. The highest BCUT2D eigenvalue weighted by Crippen LogP contribution is 2.36. The minimum atomic E-state index is -0.464. The van der Waals surface area contributed by atoms with E-state index in [1.54, 1.807) is 6.07 Å². The fourth-order valence-electron chi connectivity index (χ4n) is 2.11. The van der Waals surface area contributed by atoms with Crippen molar-refractivity contribution in [3.8, 4) is 17.2 Å². The Kier molecular flexibility index (Phi) is 4.28. The molecule has 1 fully saturated rings. The highest BCUT2D eigenvalue weighted by Gasteiger charge is 2.15. The highest BCUT2D eigenvalue weighted by atomic mass is 16.5. The first kappa shape index (κ1) is 13.0. The molecule has 4 N–H and O–H groups in total. The molecule has 1 aromatic carbocycles. The standard InChI is InChI=1S/C13H19NO4/c15-11-4-3-9(12(16)13(11)17)8-14-6-5-10-2-1-7-18-10/h3-4,10,14-17H,1-2,5-8H2. The Balaban J connectivity index is 1.77. The predicted octanol–water partition coefficient (Wildman–Crippen LogP) is 1.46. The van der Waals surface area contributed by atoms with Crippen molar-refractivity contribution >= 4 is 0 Å². The van der Waals surface area contributed by atoms with Gasteiger partial charge in [-0.2, -0.15) is 0 Å². The normalized spacial score (nSPS) is 19.2. The molecule has 0 saturated carbocycles. The molecule has 0 aromatic heterocycles. The molecule has 1 aliphatic rings. The molecule has 1 unspecified atom stereocenters. The van der Waals surface area contributed by atoms with Crippen LogP contribution in [-0.2, 0) is 11.3 Å². The second-order valence-corrected chi connectivity index (χ2v) is 4.54. The third-order valence-electron chi connectivity index (χ3n) is 3.20. The average Bonchev–Trinajstić information content (AvgIpc) is 2.87. The quantitative estimate of drug-likeness (QED) is 0.472. The first-order valence-electron chi connectivity index (χ1n) is 6.23. The van der Waals surface area contributed by atoms with Crippen molar-refractivity contribution in [2.75, 3.05) is 13.2 Å². The van der Waals surface area contributed by atoms with Crippen LogP contribution in [0.3, 0.4) is 0 Å². The van der Waals surface area contributed by atoms with Crippen LogP contribution in [0, 0.1) is 0 Å². The van der Waals surface area contributed by atoms with E-state index in [2.05, 4.69) is 5.32 Å². The van der Waals surface area contributed by atoms with Crippen LogP contribution in [0.5, 0.6) is 17.2 Å². The van der Waals surface area contributed by atoms with Gasteiger partial charge in [-0.3, -0.25) is 0 Å². The molecule has 5 heteroatoms. The van der Waals surface area contributed by atoms with E-state index in [0.29, 0.717) is 18.2 Å². The Labute approximate surface area is 106 Å². The van der Waals surface area contributed by atoms with E-state index >= 15 is 0 Å². The zero-order chi connectivity index (χ0) is 13.0. The number of hydrogen-bond acceptors (Lipinski definition) is 5. The predicted molar refractivity (Wildman–Crippen MR) is 66.7 cm³/mol. The minimum Gasteiger partial charge on any atom is -0.504 e. The smallest absolute Gasteiger partial charge is 0.200 e. The van der Waals surface area contributed by atoms with E-state index in [4.69, 9.17) is 4.74 Å². The van der Waals surface area contributed by atoms with Gasteiger partial charge < -0.3 is 25.4 Å². The van der Waals surface area contributed by atoms with Crippen molar-refractivity contribution in [2.24, 2.45) is 0 Å². The fraction of sp³-hybridized carbons (Fsp3) is 0.538. The summed E-state index contributed by atoms with van der Waals surface area (Å²) in [5.41, 5.74) is 0.567. The summed E-state index contributed by atoms with van der Waals surface area (Å²) in [6.45, 7) is 2.11. The van der Waals surface area contributed by atoms with Crippen molar-refractivity contribution in [3.05, 3.63) is 17.7 Å². The van der Waals surface area contributed by atoms with Crippen molar-refractivity contribution in [1.82, 2.24) is 5.32 Å². The molecule has 1 atom stereocenters. The van der Waals surface area contributed by atoms with E-state index in [0.717, 1.165) is 32.4 Å². The molecular weight excluding hydrogens is 234 g/mol. The lowest BCUT2D eigenvalue weighted by Crippen LogP contribution is -2.19. The van der Waals surface area contributed by atoms with Crippen LogP contribution in [0.4, 0.5) is 0 Å². The maximum atomic E-state index is 9.61. The lowest BCUT2D eigenvalue weighted by atomic mass is 10.1. The average molecular weight is 253 g/mol. The van der Waals surface area contributed by atoms with Gasteiger partial charge in [0.25, 0.3) is 0 Å². The van der Waals surface area contributed by atoms with Gasteiger partial charge in [-0.1, -0.05) is 6.07 Å². The molecule has 0 radical (unpaired) electrons. The summed E-state index contributed by atoms with van der Waals surface area (Å²) in [7, 11) is 0. The van der Waals surface area contributed by atoms with Gasteiger partial charge in [-0.15, -0.1) is 0 Å². The van der Waals surface area contributed by atoms with Crippen LogP contribution in [0.1, 0.15) is 24.8 Å². The van der Waals surface area contributed by atoms with Gasteiger partial charge in [0, 0.05) is 18.7 Å². The Hall–Kier alpha value is -1.46. The third-order valence-corrected chi connectivity index (χ3v) is 3.20. The first-order chi connectivity index (χ1) is 8.68. The number of hydrogen-bond donors (Lipinski definition) is 4. The lowest BCUT2D eigenvalue weighted by molar-refractivity contribution is 0.104. The molecule has 0 amide bonds. The molecule has 100 valence electrons. The van der Waals surface area contributed by atoms with E-state index in [-0.39, 0.29) is 11.5 Å². The number of benzene rings is 1. The molecule has 1 heterocycles. The van der Waals surface area contributed by atoms with Crippen LogP contribution >= 0.6 is 0 Å². The van der Waals surface area contributed by atoms with Crippen molar-refractivity contribution in [2.45, 2.75) is 31.9 Å². The summed E-state index contributed by atoms with van der Waals surface area (Å²) in [6, 6.07) is 2.95. The molecule has 18 heavy (non-hydrogen) atoms. The van der Waals surface area contributed by atoms with E-state index in [1.165, 1.54) is 6.07 Å². The zero-order valence-corrected chi connectivity index (χ0v) is 10.2. The second-order valence-electron chi connectivity index (χ2n) is 4.54. The van der Waals surface area contributed by atoms with Gasteiger partial charge in [-0.05, 0) is 31.9 Å². The number of phenols is 3. The number of rotatable bonds is 5. The Morgan fingerprint density at radius 3 is 2.78 bits per heavy atom. The van der Waals surface area contributed by atoms with Gasteiger partial charge in [0.05, 0.1) is 6.10 Å². The number of phenolic OH excluding ortho intramolecular Hbond substituents is 3. The number of aromatic hydroxyl groups is 3. The van der Waals surface area contributed by atoms with Crippen LogP contribution < -0.4 is 5.32 Å². The summed E-state index contributed by atoms with van der Waals surface area (Å²) in [5, 5.41) is 31.4. The van der Waals surface area contributed by atoms with Crippen LogP contribution in [0.25, 0.3) is 0 Å². The monoisotopic (exact) mass is 253 g/mol. The summed E-state index contributed by atoms with van der Waals surface area (Å²) in [4.78, 5) is 0. The second kappa shape index (κ2) is 5.93. The van der Waals surface area contributed by atoms with Gasteiger partial charge in [0.15, 0.2) is 11.5 Å². The van der Waals surface area contributed by atoms with Gasteiger partial charge in [0.1, 0.15) is 0 Å².